The molecule has 0 saturated carbocycles. The molecule has 0 bridgehead atoms. The molecule has 1 unspecified atom stereocenters. The summed E-state index contributed by atoms with van der Waals surface area (Å²) in [7, 11) is 0. The second-order valence-electron chi connectivity index (χ2n) is 3.33. The van der Waals surface area contributed by atoms with E-state index in [4.69, 9.17) is 16.9 Å². The van der Waals surface area contributed by atoms with Crippen LogP contribution in [0.4, 0.5) is 0 Å². The largest absolute Gasteiger partial charge is 0.370 e. The summed E-state index contributed by atoms with van der Waals surface area (Å²) in [6.45, 7) is 1.58. The number of aliphatic imine (C=N–C) groups is 1. The van der Waals surface area contributed by atoms with Crippen molar-refractivity contribution in [2.24, 2.45) is 4.99 Å². The molecule has 1 aromatic heterocycles. The van der Waals surface area contributed by atoms with Crippen LogP contribution in [-0.2, 0) is 0 Å². The summed E-state index contributed by atoms with van der Waals surface area (Å²) in [4.78, 5) is 7.76. The molecular formula is C10H10ClN5. The lowest BCUT2D eigenvalue weighted by Crippen LogP contribution is -2.47. The number of hydrogen-bond donors (Lipinski definition) is 2. The van der Waals surface area contributed by atoms with E-state index in [0.29, 0.717) is 11.0 Å². The van der Waals surface area contributed by atoms with Gasteiger partial charge in [-0.15, -0.1) is 0 Å². The van der Waals surface area contributed by atoms with Gasteiger partial charge in [0, 0.05) is 19.3 Å². The molecule has 2 N–H and O–H groups in total. The highest BCUT2D eigenvalue weighted by Gasteiger charge is 2.21. The molecule has 0 aromatic carbocycles. The molecule has 1 atom stereocenters. The van der Waals surface area contributed by atoms with Crippen LogP contribution in [-0.4, -0.2) is 23.9 Å². The lowest BCUT2D eigenvalue weighted by atomic mass is 10.1. The summed E-state index contributed by atoms with van der Waals surface area (Å²) < 4.78 is 0. The molecule has 0 spiro atoms. The molecule has 82 valence electrons. The number of amidine groups is 1. The Morgan fingerprint density at radius 3 is 3.06 bits per heavy atom. The minimum atomic E-state index is -0.113. The standard InChI is InChI=1S/C10H10ClN5/c11-8-2-1-7(5-15-8)9-10(16-6-12)14-4-3-13-9/h1-2,5,9,13H,3-4H2,(H,14,16). The smallest absolute Gasteiger partial charge is 0.207 e. The SMILES string of the molecule is N#C/N=C1\NCCNC1c1ccc(Cl)nc1. The van der Waals surface area contributed by atoms with E-state index in [2.05, 4.69) is 20.6 Å². The second kappa shape index (κ2) is 4.92. The van der Waals surface area contributed by atoms with E-state index >= 15 is 0 Å². The van der Waals surface area contributed by atoms with Crippen LogP contribution in [0.3, 0.4) is 0 Å². The molecule has 1 fully saturated rings. The maximum Gasteiger partial charge on any atom is 0.207 e. The molecule has 1 aliphatic heterocycles. The number of hydrogen-bond acceptors (Lipinski definition) is 4. The van der Waals surface area contributed by atoms with Crippen LogP contribution >= 0.6 is 11.6 Å². The summed E-state index contributed by atoms with van der Waals surface area (Å²) >= 11 is 5.72. The summed E-state index contributed by atoms with van der Waals surface area (Å²) in [6, 6.07) is 3.47. The minimum absolute atomic E-state index is 0.113. The number of nitrogens with zero attached hydrogens (tertiary/aromatic N) is 3. The first-order valence-corrected chi connectivity index (χ1v) is 5.24. The Kier molecular flexibility index (Phi) is 3.34. The van der Waals surface area contributed by atoms with Crippen molar-refractivity contribution < 1.29 is 0 Å². The molecule has 2 heterocycles. The van der Waals surface area contributed by atoms with Crippen molar-refractivity contribution in [2.45, 2.75) is 6.04 Å². The van der Waals surface area contributed by atoms with Crippen LogP contribution in [0.15, 0.2) is 23.3 Å². The highest BCUT2D eigenvalue weighted by atomic mass is 35.5. The van der Waals surface area contributed by atoms with Crippen molar-refractivity contribution in [3.05, 3.63) is 29.0 Å². The molecular weight excluding hydrogens is 226 g/mol. The second-order valence-corrected chi connectivity index (χ2v) is 3.71. The fourth-order valence-corrected chi connectivity index (χ4v) is 1.71. The predicted molar refractivity (Wildman–Crippen MR) is 61.0 cm³/mol. The van der Waals surface area contributed by atoms with Crippen LogP contribution in [0.25, 0.3) is 0 Å². The molecule has 0 radical (unpaired) electrons. The molecule has 1 saturated heterocycles. The maximum atomic E-state index is 8.59. The fourth-order valence-electron chi connectivity index (χ4n) is 1.60. The number of nitrogens with one attached hydrogen (secondary N) is 2. The van der Waals surface area contributed by atoms with E-state index in [1.165, 1.54) is 0 Å². The Morgan fingerprint density at radius 1 is 1.50 bits per heavy atom. The van der Waals surface area contributed by atoms with Crippen molar-refractivity contribution >= 4 is 17.4 Å². The predicted octanol–water partition coefficient (Wildman–Crippen LogP) is 0.848. The van der Waals surface area contributed by atoms with Gasteiger partial charge >= 0.3 is 0 Å². The van der Waals surface area contributed by atoms with Gasteiger partial charge in [-0.05, 0) is 11.6 Å². The minimum Gasteiger partial charge on any atom is -0.370 e. The molecule has 0 amide bonds. The van der Waals surface area contributed by atoms with Crippen molar-refractivity contribution in [3.63, 3.8) is 0 Å². The first-order valence-electron chi connectivity index (χ1n) is 4.86. The van der Waals surface area contributed by atoms with Gasteiger partial charge < -0.3 is 10.6 Å². The van der Waals surface area contributed by atoms with E-state index in [9.17, 15) is 0 Å². The third kappa shape index (κ3) is 2.30. The third-order valence-electron chi connectivity index (χ3n) is 2.31. The van der Waals surface area contributed by atoms with Gasteiger partial charge in [-0.3, -0.25) is 0 Å². The highest BCUT2D eigenvalue weighted by Crippen LogP contribution is 2.16. The number of aromatic nitrogens is 1. The lowest BCUT2D eigenvalue weighted by molar-refractivity contribution is 0.574. The average molecular weight is 236 g/mol. The summed E-state index contributed by atoms with van der Waals surface area (Å²) in [5.74, 6) is 0.623. The van der Waals surface area contributed by atoms with Gasteiger partial charge in [0.1, 0.15) is 11.0 Å². The van der Waals surface area contributed by atoms with Crippen LogP contribution < -0.4 is 10.6 Å². The Bertz CT molecular complexity index is 434. The molecule has 16 heavy (non-hydrogen) atoms. The van der Waals surface area contributed by atoms with Crippen molar-refractivity contribution in [2.75, 3.05) is 13.1 Å². The van der Waals surface area contributed by atoms with Gasteiger partial charge in [0.15, 0.2) is 0 Å². The van der Waals surface area contributed by atoms with Gasteiger partial charge in [0.05, 0.1) is 6.04 Å². The first kappa shape index (κ1) is 10.9. The zero-order valence-electron chi connectivity index (χ0n) is 8.44. The van der Waals surface area contributed by atoms with Gasteiger partial charge in [0.25, 0.3) is 0 Å². The van der Waals surface area contributed by atoms with Gasteiger partial charge in [-0.2, -0.15) is 10.3 Å². The van der Waals surface area contributed by atoms with E-state index in [1.54, 1.807) is 18.5 Å². The van der Waals surface area contributed by atoms with Crippen LogP contribution in [0.2, 0.25) is 5.15 Å². The summed E-state index contributed by atoms with van der Waals surface area (Å²) in [6.07, 6.45) is 3.47. The van der Waals surface area contributed by atoms with Crippen LogP contribution in [0, 0.1) is 11.5 Å². The molecule has 2 rings (SSSR count). The maximum absolute atomic E-state index is 8.59. The van der Waals surface area contributed by atoms with Gasteiger partial charge in [-0.25, -0.2) is 4.98 Å². The Labute approximate surface area is 98.2 Å². The Hall–Kier alpha value is -1.64. The quantitative estimate of drug-likeness (QED) is 0.559. The number of piperazine rings is 1. The number of halogens is 1. The zero-order chi connectivity index (χ0) is 11.4. The molecule has 6 heteroatoms. The Morgan fingerprint density at radius 2 is 2.38 bits per heavy atom. The Balaban J connectivity index is 2.27. The van der Waals surface area contributed by atoms with E-state index < -0.39 is 0 Å². The first-order chi connectivity index (χ1) is 7.81. The van der Waals surface area contributed by atoms with Crippen molar-refractivity contribution in [3.8, 4) is 6.19 Å². The van der Waals surface area contributed by atoms with E-state index in [1.807, 2.05) is 6.07 Å². The third-order valence-corrected chi connectivity index (χ3v) is 2.53. The van der Waals surface area contributed by atoms with Crippen LogP contribution in [0.1, 0.15) is 11.6 Å². The molecule has 0 aliphatic carbocycles. The number of nitriles is 1. The monoisotopic (exact) mass is 235 g/mol. The lowest BCUT2D eigenvalue weighted by Gasteiger charge is -2.26. The summed E-state index contributed by atoms with van der Waals surface area (Å²) in [5, 5.41) is 15.4. The number of rotatable bonds is 1. The average Bonchev–Trinajstić information content (AvgIpc) is 2.32. The van der Waals surface area contributed by atoms with Crippen LogP contribution in [0.5, 0.6) is 0 Å². The topological polar surface area (TPSA) is 73.1 Å². The van der Waals surface area contributed by atoms with Crippen molar-refractivity contribution in [1.29, 1.82) is 5.26 Å². The van der Waals surface area contributed by atoms with E-state index in [-0.39, 0.29) is 6.04 Å². The highest BCUT2D eigenvalue weighted by molar-refractivity contribution is 6.29. The van der Waals surface area contributed by atoms with E-state index in [0.717, 1.165) is 18.7 Å². The summed E-state index contributed by atoms with van der Waals surface area (Å²) in [5.41, 5.74) is 0.936. The molecule has 1 aliphatic rings. The van der Waals surface area contributed by atoms with Gasteiger partial charge in [-0.1, -0.05) is 17.7 Å². The van der Waals surface area contributed by atoms with Gasteiger partial charge in [0.2, 0.25) is 6.19 Å². The fraction of sp³-hybridized carbons (Fsp3) is 0.300. The normalized spacial score (nSPS) is 22.5. The molecule has 5 nitrogen and oxygen atoms in total. The zero-order valence-corrected chi connectivity index (χ0v) is 9.20. The number of pyridine rings is 1. The molecule has 1 aromatic rings. The van der Waals surface area contributed by atoms with Crippen molar-refractivity contribution in [1.82, 2.24) is 15.6 Å².